The second kappa shape index (κ2) is 6.34. The van der Waals surface area contributed by atoms with Crippen LogP contribution in [0.2, 0.25) is 0 Å². The van der Waals surface area contributed by atoms with E-state index in [9.17, 15) is 9.18 Å². The smallest absolute Gasteiger partial charge is 0.279 e. The summed E-state index contributed by atoms with van der Waals surface area (Å²) in [5.41, 5.74) is 1.03. The molecule has 3 N–H and O–H groups in total. The third kappa shape index (κ3) is 3.68. The summed E-state index contributed by atoms with van der Waals surface area (Å²) in [4.78, 5) is 11.8. The lowest BCUT2D eigenvalue weighted by molar-refractivity contribution is -0.684. The number of nitrogens with two attached hydrogens (primary N) is 1. The van der Waals surface area contributed by atoms with Gasteiger partial charge in [-0.05, 0) is 43.7 Å². The molecule has 20 heavy (non-hydrogen) atoms. The van der Waals surface area contributed by atoms with Crippen molar-refractivity contribution < 1.29 is 18.9 Å². The molecule has 0 aliphatic heterocycles. The molecule has 1 aromatic heterocycles. The number of hydrogen-bond donors (Lipinski definition) is 2. The fourth-order valence-corrected chi connectivity index (χ4v) is 1.83. The number of halogens is 1. The van der Waals surface area contributed by atoms with Gasteiger partial charge in [0.15, 0.2) is 12.3 Å². The highest BCUT2D eigenvalue weighted by molar-refractivity contribution is 5.91. The molecule has 1 amide bonds. The van der Waals surface area contributed by atoms with Crippen molar-refractivity contribution in [1.29, 1.82) is 0 Å². The standard InChI is InChI=1S/C15H17FN2O2/c1-10-5-6-12(8-13(10)16)18-15(19)9-17-11(2)14-4-3-7-20-14/h3-8,11,17H,9H2,1-2H3,(H,18,19)/p+1/t11-/m1/s1. The highest BCUT2D eigenvalue weighted by Gasteiger charge is 2.13. The van der Waals surface area contributed by atoms with E-state index in [2.05, 4.69) is 5.32 Å². The van der Waals surface area contributed by atoms with Crippen LogP contribution >= 0.6 is 0 Å². The zero-order valence-electron chi connectivity index (χ0n) is 11.5. The number of rotatable bonds is 5. The molecular weight excluding hydrogens is 259 g/mol. The van der Waals surface area contributed by atoms with Gasteiger partial charge in [-0.15, -0.1) is 0 Å². The minimum atomic E-state index is -0.323. The van der Waals surface area contributed by atoms with E-state index in [0.717, 1.165) is 5.76 Å². The zero-order chi connectivity index (χ0) is 14.5. The van der Waals surface area contributed by atoms with Crippen LogP contribution in [0.15, 0.2) is 41.0 Å². The van der Waals surface area contributed by atoms with Crippen LogP contribution in [0.5, 0.6) is 0 Å². The normalized spacial score (nSPS) is 12.2. The van der Waals surface area contributed by atoms with Crippen molar-refractivity contribution in [1.82, 2.24) is 0 Å². The van der Waals surface area contributed by atoms with Crippen LogP contribution in [0.25, 0.3) is 0 Å². The quantitative estimate of drug-likeness (QED) is 0.878. The number of quaternary nitrogens is 1. The number of hydrogen-bond acceptors (Lipinski definition) is 2. The Morgan fingerprint density at radius 1 is 1.45 bits per heavy atom. The van der Waals surface area contributed by atoms with Crippen LogP contribution in [0.1, 0.15) is 24.3 Å². The highest BCUT2D eigenvalue weighted by Crippen LogP contribution is 2.13. The van der Waals surface area contributed by atoms with Gasteiger partial charge in [0.2, 0.25) is 0 Å². The third-order valence-electron chi connectivity index (χ3n) is 3.10. The maximum absolute atomic E-state index is 13.4. The molecule has 0 radical (unpaired) electrons. The Morgan fingerprint density at radius 2 is 2.25 bits per heavy atom. The molecule has 4 nitrogen and oxygen atoms in total. The lowest BCUT2D eigenvalue weighted by Gasteiger charge is -2.09. The number of amides is 1. The Balaban J connectivity index is 1.85. The van der Waals surface area contributed by atoms with Gasteiger partial charge >= 0.3 is 0 Å². The minimum absolute atomic E-state index is 0.0607. The topological polar surface area (TPSA) is 58.9 Å². The van der Waals surface area contributed by atoms with Crippen LogP contribution in [0.4, 0.5) is 10.1 Å². The Bertz CT molecular complexity index is 582. The van der Waals surface area contributed by atoms with Crippen molar-refractivity contribution in [2.75, 3.05) is 11.9 Å². The summed E-state index contributed by atoms with van der Waals surface area (Å²) >= 11 is 0. The molecule has 0 spiro atoms. The van der Waals surface area contributed by atoms with E-state index in [4.69, 9.17) is 4.42 Å². The summed E-state index contributed by atoms with van der Waals surface area (Å²) in [6.07, 6.45) is 1.61. The number of benzene rings is 1. The van der Waals surface area contributed by atoms with Crippen LogP contribution < -0.4 is 10.6 Å². The Kier molecular flexibility index (Phi) is 4.53. The minimum Gasteiger partial charge on any atom is -0.463 e. The van der Waals surface area contributed by atoms with Crippen LogP contribution in [-0.4, -0.2) is 12.5 Å². The lowest BCUT2D eigenvalue weighted by Crippen LogP contribution is -2.86. The molecule has 0 saturated heterocycles. The fraction of sp³-hybridized carbons (Fsp3) is 0.267. The first-order chi connectivity index (χ1) is 9.56. The van der Waals surface area contributed by atoms with Gasteiger partial charge in [-0.1, -0.05) is 6.07 Å². The summed E-state index contributed by atoms with van der Waals surface area (Å²) < 4.78 is 18.6. The number of aryl methyl sites for hydroxylation is 1. The molecular formula is C15H18FN2O2+. The first-order valence-corrected chi connectivity index (χ1v) is 6.49. The molecule has 0 bridgehead atoms. The predicted octanol–water partition coefficient (Wildman–Crippen LogP) is 1.99. The molecule has 0 aliphatic rings. The Morgan fingerprint density at radius 3 is 2.90 bits per heavy atom. The third-order valence-corrected chi connectivity index (χ3v) is 3.10. The van der Waals surface area contributed by atoms with Crippen LogP contribution in [-0.2, 0) is 4.79 Å². The van der Waals surface area contributed by atoms with Crippen molar-refractivity contribution in [3.05, 3.63) is 53.7 Å². The average molecular weight is 277 g/mol. The maximum Gasteiger partial charge on any atom is 0.279 e. The Labute approximate surface area is 117 Å². The molecule has 1 aromatic carbocycles. The molecule has 1 heterocycles. The molecule has 5 heteroatoms. The molecule has 2 rings (SSSR count). The van der Waals surface area contributed by atoms with Gasteiger partial charge in [-0.3, -0.25) is 4.79 Å². The molecule has 106 valence electrons. The number of furan rings is 1. The largest absolute Gasteiger partial charge is 0.463 e. The molecule has 0 saturated carbocycles. The second-order valence-corrected chi connectivity index (χ2v) is 4.76. The Hall–Kier alpha value is -2.14. The molecule has 0 aliphatic carbocycles. The van der Waals surface area contributed by atoms with Crippen molar-refractivity contribution in [3.8, 4) is 0 Å². The van der Waals surface area contributed by atoms with Crippen LogP contribution in [0, 0.1) is 12.7 Å². The maximum atomic E-state index is 13.4. The summed E-state index contributed by atoms with van der Waals surface area (Å²) in [5, 5.41) is 4.53. The van der Waals surface area contributed by atoms with E-state index < -0.39 is 0 Å². The zero-order valence-corrected chi connectivity index (χ0v) is 11.5. The molecule has 1 atom stereocenters. The number of carbonyl (C=O) groups is 1. The van der Waals surface area contributed by atoms with Gasteiger partial charge in [0.25, 0.3) is 5.91 Å². The van der Waals surface area contributed by atoms with E-state index in [1.165, 1.54) is 6.07 Å². The average Bonchev–Trinajstić information content (AvgIpc) is 2.94. The van der Waals surface area contributed by atoms with E-state index in [0.29, 0.717) is 11.3 Å². The van der Waals surface area contributed by atoms with Crippen molar-refractivity contribution in [2.45, 2.75) is 19.9 Å². The monoisotopic (exact) mass is 277 g/mol. The van der Waals surface area contributed by atoms with E-state index in [1.54, 1.807) is 25.3 Å². The first kappa shape index (κ1) is 14.3. The summed E-state index contributed by atoms with van der Waals surface area (Å²) in [5.74, 6) is 0.321. The summed E-state index contributed by atoms with van der Waals surface area (Å²) in [6, 6.07) is 8.39. The predicted molar refractivity (Wildman–Crippen MR) is 73.7 cm³/mol. The lowest BCUT2D eigenvalue weighted by atomic mass is 10.2. The molecule has 0 unspecified atom stereocenters. The molecule has 0 fully saturated rings. The number of anilines is 1. The van der Waals surface area contributed by atoms with Crippen LogP contribution in [0.3, 0.4) is 0 Å². The number of nitrogens with one attached hydrogen (secondary N) is 1. The van der Waals surface area contributed by atoms with E-state index in [1.807, 2.05) is 24.4 Å². The molecule has 2 aromatic rings. The van der Waals surface area contributed by atoms with Gasteiger partial charge in [0, 0.05) is 5.69 Å². The van der Waals surface area contributed by atoms with Gasteiger partial charge in [0.05, 0.1) is 6.26 Å². The van der Waals surface area contributed by atoms with Crippen molar-refractivity contribution in [2.24, 2.45) is 0 Å². The van der Waals surface area contributed by atoms with E-state index >= 15 is 0 Å². The SMILES string of the molecule is Cc1ccc(NC(=O)C[NH2+][C@H](C)c2ccco2)cc1F. The summed E-state index contributed by atoms with van der Waals surface area (Å²) in [6.45, 7) is 3.88. The number of carbonyl (C=O) groups excluding carboxylic acids is 1. The fourth-order valence-electron chi connectivity index (χ4n) is 1.83. The second-order valence-electron chi connectivity index (χ2n) is 4.76. The van der Waals surface area contributed by atoms with Crippen molar-refractivity contribution in [3.63, 3.8) is 0 Å². The van der Waals surface area contributed by atoms with Gasteiger partial charge < -0.3 is 15.1 Å². The van der Waals surface area contributed by atoms with Crippen molar-refractivity contribution >= 4 is 11.6 Å². The highest BCUT2D eigenvalue weighted by atomic mass is 19.1. The summed E-state index contributed by atoms with van der Waals surface area (Å²) in [7, 11) is 0. The van der Waals surface area contributed by atoms with Gasteiger partial charge in [0.1, 0.15) is 11.9 Å². The van der Waals surface area contributed by atoms with Gasteiger partial charge in [-0.2, -0.15) is 0 Å². The first-order valence-electron chi connectivity index (χ1n) is 6.49. The van der Waals surface area contributed by atoms with Gasteiger partial charge in [-0.25, -0.2) is 4.39 Å². The van der Waals surface area contributed by atoms with E-state index in [-0.39, 0.29) is 24.3 Å².